The van der Waals surface area contributed by atoms with Crippen molar-refractivity contribution in [3.05, 3.63) is 69.8 Å². The Labute approximate surface area is 146 Å². The minimum absolute atomic E-state index is 0.0140. The van der Waals surface area contributed by atoms with Crippen LogP contribution in [0.1, 0.15) is 24.1 Å². The molecule has 7 nitrogen and oxygen atoms in total. The molecule has 7 heteroatoms. The number of benzene rings is 2. The lowest BCUT2D eigenvalue weighted by molar-refractivity contribution is -0.384. The zero-order valence-electron chi connectivity index (χ0n) is 14.3. The number of carbonyl (C=O) groups is 1. The smallest absolute Gasteiger partial charge is 0.315 e. The molecular weight excluding hydrogens is 320 g/mol. The number of rotatable bonds is 7. The fraction of sp³-hybridized carbons (Fsp3) is 0.278. The summed E-state index contributed by atoms with van der Waals surface area (Å²) in [6, 6.07) is 13.9. The van der Waals surface area contributed by atoms with Crippen molar-refractivity contribution in [2.24, 2.45) is 0 Å². The molecule has 2 amide bonds. The highest BCUT2D eigenvalue weighted by Crippen LogP contribution is 2.22. The van der Waals surface area contributed by atoms with Gasteiger partial charge in [-0.25, -0.2) is 4.79 Å². The van der Waals surface area contributed by atoms with Crippen LogP contribution < -0.4 is 16.0 Å². The van der Waals surface area contributed by atoms with Crippen LogP contribution >= 0.6 is 0 Å². The van der Waals surface area contributed by atoms with Crippen LogP contribution in [0.2, 0.25) is 0 Å². The predicted molar refractivity (Wildman–Crippen MR) is 97.7 cm³/mol. The topological polar surface area (TPSA) is 96.3 Å². The molecule has 0 bridgehead atoms. The van der Waals surface area contributed by atoms with Crippen molar-refractivity contribution in [1.82, 2.24) is 10.6 Å². The third kappa shape index (κ3) is 5.20. The number of nitro benzene ring substituents is 1. The maximum Gasteiger partial charge on any atom is 0.315 e. The van der Waals surface area contributed by atoms with E-state index < -0.39 is 4.92 Å². The highest BCUT2D eigenvalue weighted by atomic mass is 16.6. The van der Waals surface area contributed by atoms with Crippen LogP contribution in [0.4, 0.5) is 16.2 Å². The van der Waals surface area contributed by atoms with Gasteiger partial charge in [0.25, 0.3) is 5.69 Å². The van der Waals surface area contributed by atoms with Gasteiger partial charge in [-0.1, -0.05) is 36.4 Å². The summed E-state index contributed by atoms with van der Waals surface area (Å²) in [6.07, 6.45) is 0. The zero-order valence-corrected chi connectivity index (χ0v) is 14.3. The van der Waals surface area contributed by atoms with Crippen LogP contribution in [0, 0.1) is 17.0 Å². The zero-order chi connectivity index (χ0) is 18.2. The Balaban J connectivity index is 1.78. The molecule has 0 fully saturated rings. The second kappa shape index (κ2) is 8.68. The van der Waals surface area contributed by atoms with E-state index in [2.05, 4.69) is 16.0 Å². The van der Waals surface area contributed by atoms with Gasteiger partial charge in [-0.15, -0.1) is 0 Å². The number of hydrogen-bond acceptors (Lipinski definition) is 4. The Morgan fingerprint density at radius 1 is 1.12 bits per heavy atom. The van der Waals surface area contributed by atoms with E-state index in [0.29, 0.717) is 18.8 Å². The van der Waals surface area contributed by atoms with E-state index in [4.69, 9.17) is 0 Å². The SMILES string of the molecule is Cc1ccccc1C(C)NC(=O)NCCNc1ccccc1[N+](=O)[O-]. The number of nitrogens with zero attached hydrogens (tertiary/aromatic N) is 1. The first-order valence-electron chi connectivity index (χ1n) is 8.06. The fourth-order valence-electron chi connectivity index (χ4n) is 2.55. The minimum atomic E-state index is -0.438. The lowest BCUT2D eigenvalue weighted by Gasteiger charge is -2.17. The molecule has 1 atom stereocenters. The molecule has 0 aliphatic heterocycles. The van der Waals surface area contributed by atoms with Gasteiger partial charge in [0.05, 0.1) is 11.0 Å². The largest absolute Gasteiger partial charge is 0.378 e. The molecule has 0 spiro atoms. The number of amides is 2. The van der Waals surface area contributed by atoms with E-state index in [9.17, 15) is 14.9 Å². The normalized spacial score (nSPS) is 11.4. The van der Waals surface area contributed by atoms with Gasteiger partial charge in [0.2, 0.25) is 0 Å². The van der Waals surface area contributed by atoms with E-state index in [-0.39, 0.29) is 17.8 Å². The van der Waals surface area contributed by atoms with Gasteiger partial charge in [0.15, 0.2) is 0 Å². The van der Waals surface area contributed by atoms with Crippen molar-refractivity contribution in [3.8, 4) is 0 Å². The number of nitro groups is 1. The summed E-state index contributed by atoms with van der Waals surface area (Å²) < 4.78 is 0. The molecule has 0 saturated heterocycles. The fourth-order valence-corrected chi connectivity index (χ4v) is 2.55. The maximum atomic E-state index is 12.0. The third-order valence-corrected chi connectivity index (χ3v) is 3.83. The Morgan fingerprint density at radius 2 is 1.80 bits per heavy atom. The van der Waals surface area contributed by atoms with Gasteiger partial charge in [-0.05, 0) is 31.0 Å². The molecular formula is C18H22N4O3. The van der Waals surface area contributed by atoms with Crippen LogP contribution in [-0.2, 0) is 0 Å². The number of carbonyl (C=O) groups excluding carboxylic acids is 1. The summed E-state index contributed by atoms with van der Waals surface area (Å²) in [7, 11) is 0. The first-order chi connectivity index (χ1) is 12.0. The van der Waals surface area contributed by atoms with Crippen LogP contribution in [0.5, 0.6) is 0 Å². The standard InChI is InChI=1S/C18H22N4O3/c1-13-7-3-4-8-15(13)14(2)21-18(23)20-12-11-19-16-9-5-6-10-17(16)22(24)25/h3-10,14,19H,11-12H2,1-2H3,(H2,20,21,23). The van der Waals surface area contributed by atoms with E-state index >= 15 is 0 Å². The molecule has 3 N–H and O–H groups in total. The molecule has 0 saturated carbocycles. The highest BCUT2D eigenvalue weighted by molar-refractivity contribution is 5.74. The molecule has 1 unspecified atom stereocenters. The molecule has 0 aliphatic rings. The second-order valence-corrected chi connectivity index (χ2v) is 5.68. The summed E-state index contributed by atoms with van der Waals surface area (Å²) in [5.41, 5.74) is 2.63. The lowest BCUT2D eigenvalue weighted by Crippen LogP contribution is -2.39. The summed E-state index contributed by atoms with van der Waals surface area (Å²) >= 11 is 0. The Bertz CT molecular complexity index is 749. The van der Waals surface area contributed by atoms with E-state index in [1.165, 1.54) is 6.07 Å². The van der Waals surface area contributed by atoms with Crippen LogP contribution in [-0.4, -0.2) is 24.0 Å². The van der Waals surface area contributed by atoms with E-state index in [0.717, 1.165) is 11.1 Å². The first-order valence-corrected chi connectivity index (χ1v) is 8.06. The van der Waals surface area contributed by atoms with Gasteiger partial charge < -0.3 is 16.0 Å². The quantitative estimate of drug-likeness (QED) is 0.408. The van der Waals surface area contributed by atoms with Crippen LogP contribution in [0.15, 0.2) is 48.5 Å². The van der Waals surface area contributed by atoms with Gasteiger partial charge >= 0.3 is 6.03 Å². The maximum absolute atomic E-state index is 12.0. The minimum Gasteiger partial charge on any atom is -0.378 e. The number of anilines is 1. The summed E-state index contributed by atoms with van der Waals surface area (Å²) in [4.78, 5) is 22.5. The van der Waals surface area contributed by atoms with Crippen LogP contribution in [0.3, 0.4) is 0 Å². The Kier molecular flexibility index (Phi) is 6.33. The average molecular weight is 342 g/mol. The third-order valence-electron chi connectivity index (χ3n) is 3.83. The molecule has 0 radical (unpaired) electrons. The number of nitrogens with one attached hydrogen (secondary N) is 3. The molecule has 25 heavy (non-hydrogen) atoms. The van der Waals surface area contributed by atoms with E-state index in [1.807, 2.05) is 38.1 Å². The molecule has 132 valence electrons. The molecule has 0 heterocycles. The van der Waals surface area contributed by atoms with Crippen molar-refractivity contribution >= 4 is 17.4 Å². The lowest BCUT2D eigenvalue weighted by atomic mass is 10.0. The number of para-hydroxylation sites is 2. The number of aryl methyl sites for hydroxylation is 1. The highest BCUT2D eigenvalue weighted by Gasteiger charge is 2.12. The summed E-state index contributed by atoms with van der Waals surface area (Å²) in [5.74, 6) is 0. The molecule has 2 aromatic carbocycles. The van der Waals surface area contributed by atoms with E-state index in [1.54, 1.807) is 18.2 Å². The second-order valence-electron chi connectivity index (χ2n) is 5.68. The molecule has 2 aromatic rings. The Morgan fingerprint density at radius 3 is 2.52 bits per heavy atom. The molecule has 0 aromatic heterocycles. The van der Waals surface area contributed by atoms with Gasteiger partial charge in [-0.3, -0.25) is 10.1 Å². The Hall–Kier alpha value is -3.09. The van der Waals surface area contributed by atoms with Crippen molar-refractivity contribution < 1.29 is 9.72 Å². The monoisotopic (exact) mass is 342 g/mol. The number of hydrogen-bond donors (Lipinski definition) is 3. The van der Waals surface area contributed by atoms with Crippen molar-refractivity contribution in [2.45, 2.75) is 19.9 Å². The molecule has 0 aliphatic carbocycles. The molecule has 2 rings (SSSR count). The van der Waals surface area contributed by atoms with Gasteiger partial charge in [-0.2, -0.15) is 0 Å². The first kappa shape index (κ1) is 18.3. The average Bonchev–Trinajstić information content (AvgIpc) is 2.59. The number of urea groups is 1. The van der Waals surface area contributed by atoms with Gasteiger partial charge in [0.1, 0.15) is 5.69 Å². The van der Waals surface area contributed by atoms with Crippen molar-refractivity contribution in [2.75, 3.05) is 18.4 Å². The predicted octanol–water partition coefficient (Wildman–Crippen LogP) is 3.38. The summed E-state index contributed by atoms with van der Waals surface area (Å²) in [6.45, 7) is 4.66. The van der Waals surface area contributed by atoms with Crippen molar-refractivity contribution in [3.63, 3.8) is 0 Å². The van der Waals surface area contributed by atoms with Gasteiger partial charge in [0, 0.05) is 19.2 Å². The summed E-state index contributed by atoms with van der Waals surface area (Å²) in [5, 5.41) is 19.5. The van der Waals surface area contributed by atoms with Crippen molar-refractivity contribution in [1.29, 1.82) is 0 Å². The van der Waals surface area contributed by atoms with Crippen LogP contribution in [0.25, 0.3) is 0 Å².